The van der Waals surface area contributed by atoms with Crippen LogP contribution >= 0.6 is 0 Å². The molecule has 0 aromatic rings. The fourth-order valence-electron chi connectivity index (χ4n) is 4.45. The number of hydrogen-bond donors (Lipinski definition) is 2. The van der Waals surface area contributed by atoms with Crippen molar-refractivity contribution in [3.63, 3.8) is 0 Å². The van der Waals surface area contributed by atoms with Crippen LogP contribution in [-0.2, 0) is 4.79 Å². The summed E-state index contributed by atoms with van der Waals surface area (Å²) in [7, 11) is 0. The number of carbonyl (C=O) groups excluding carboxylic acids is 2. The molecule has 0 radical (unpaired) electrons. The molecule has 3 fully saturated rings. The first-order valence-electron chi connectivity index (χ1n) is 10.1. The molecule has 0 aromatic heterocycles. The number of carbonyl (C=O) groups is 2. The van der Waals surface area contributed by atoms with Crippen LogP contribution in [0, 0.1) is 5.92 Å². The van der Waals surface area contributed by atoms with E-state index in [0.29, 0.717) is 18.6 Å². The lowest BCUT2D eigenvalue weighted by Crippen LogP contribution is -2.52. The van der Waals surface area contributed by atoms with Gasteiger partial charge in [0.05, 0.1) is 5.92 Å². The highest BCUT2D eigenvalue weighted by atomic mass is 16.2. The second kappa shape index (κ2) is 8.72. The fraction of sp³-hybridized carbons (Fsp3) is 0.895. The SMILES string of the molecule is O=C(NC1CCCCC1)[C@H]1CCCN(C(=O)NC2CCCCC2)C1. The van der Waals surface area contributed by atoms with Gasteiger partial charge in [-0.1, -0.05) is 38.5 Å². The van der Waals surface area contributed by atoms with Gasteiger partial charge in [0.25, 0.3) is 0 Å². The molecule has 5 heteroatoms. The lowest BCUT2D eigenvalue weighted by atomic mass is 9.93. The maximum Gasteiger partial charge on any atom is 0.317 e. The van der Waals surface area contributed by atoms with Gasteiger partial charge in [-0.2, -0.15) is 0 Å². The second-order valence-corrected chi connectivity index (χ2v) is 7.91. The Balaban J connectivity index is 1.45. The number of urea groups is 1. The Bertz CT molecular complexity index is 390. The average Bonchev–Trinajstić information content (AvgIpc) is 2.63. The van der Waals surface area contributed by atoms with Crippen LogP contribution in [0.15, 0.2) is 0 Å². The van der Waals surface area contributed by atoms with Crippen molar-refractivity contribution in [2.45, 2.75) is 89.1 Å². The number of amides is 3. The van der Waals surface area contributed by atoms with Crippen LogP contribution in [0.5, 0.6) is 0 Å². The zero-order chi connectivity index (χ0) is 16.8. The molecule has 0 aromatic carbocycles. The predicted octanol–water partition coefficient (Wildman–Crippen LogP) is 3.19. The molecule has 24 heavy (non-hydrogen) atoms. The van der Waals surface area contributed by atoms with Gasteiger partial charge in [0, 0.05) is 25.2 Å². The fourth-order valence-corrected chi connectivity index (χ4v) is 4.45. The number of nitrogens with zero attached hydrogens (tertiary/aromatic N) is 1. The van der Waals surface area contributed by atoms with Gasteiger partial charge in [0.2, 0.25) is 5.91 Å². The summed E-state index contributed by atoms with van der Waals surface area (Å²) < 4.78 is 0. The summed E-state index contributed by atoms with van der Waals surface area (Å²) in [5.74, 6) is 0.134. The summed E-state index contributed by atoms with van der Waals surface area (Å²) in [6.45, 7) is 1.36. The molecule has 1 heterocycles. The molecule has 1 aliphatic heterocycles. The highest BCUT2D eigenvalue weighted by Crippen LogP contribution is 2.22. The summed E-state index contributed by atoms with van der Waals surface area (Å²) in [5.41, 5.74) is 0. The standard InChI is InChI=1S/C19H33N3O2/c23-18(20-16-9-3-1-4-10-16)15-8-7-13-22(14-15)19(24)21-17-11-5-2-6-12-17/h15-17H,1-14H2,(H,20,23)(H,21,24)/t15-/m0/s1. The van der Waals surface area contributed by atoms with E-state index in [2.05, 4.69) is 10.6 Å². The normalized spacial score (nSPS) is 26.8. The minimum Gasteiger partial charge on any atom is -0.353 e. The number of hydrogen-bond acceptors (Lipinski definition) is 2. The lowest BCUT2D eigenvalue weighted by molar-refractivity contribution is -0.127. The highest BCUT2D eigenvalue weighted by molar-refractivity contribution is 5.81. The van der Waals surface area contributed by atoms with Gasteiger partial charge in [0.1, 0.15) is 0 Å². The number of nitrogens with one attached hydrogen (secondary N) is 2. The van der Waals surface area contributed by atoms with E-state index in [9.17, 15) is 9.59 Å². The third kappa shape index (κ3) is 4.87. The van der Waals surface area contributed by atoms with Crippen molar-refractivity contribution < 1.29 is 9.59 Å². The summed E-state index contributed by atoms with van der Waals surface area (Å²) in [4.78, 5) is 26.9. The van der Waals surface area contributed by atoms with E-state index >= 15 is 0 Å². The van der Waals surface area contributed by atoms with Crippen molar-refractivity contribution in [2.75, 3.05) is 13.1 Å². The van der Waals surface area contributed by atoms with Crippen LogP contribution in [0.4, 0.5) is 4.79 Å². The lowest BCUT2D eigenvalue weighted by Gasteiger charge is -2.35. The largest absolute Gasteiger partial charge is 0.353 e. The molecular weight excluding hydrogens is 302 g/mol. The smallest absolute Gasteiger partial charge is 0.317 e. The zero-order valence-corrected chi connectivity index (χ0v) is 14.9. The molecule has 0 unspecified atom stereocenters. The van der Waals surface area contributed by atoms with Gasteiger partial charge < -0.3 is 15.5 Å². The van der Waals surface area contributed by atoms with Crippen LogP contribution in [0.2, 0.25) is 0 Å². The van der Waals surface area contributed by atoms with Gasteiger partial charge in [-0.05, 0) is 38.5 Å². The minimum atomic E-state index is -0.0298. The van der Waals surface area contributed by atoms with Crippen molar-refractivity contribution >= 4 is 11.9 Å². The first-order chi connectivity index (χ1) is 11.7. The van der Waals surface area contributed by atoms with Gasteiger partial charge in [-0.25, -0.2) is 4.79 Å². The van der Waals surface area contributed by atoms with Crippen LogP contribution in [-0.4, -0.2) is 42.0 Å². The molecule has 1 saturated heterocycles. The Kier molecular flexibility index (Phi) is 6.38. The maximum absolute atomic E-state index is 12.6. The number of likely N-dealkylation sites (tertiary alicyclic amines) is 1. The van der Waals surface area contributed by atoms with Crippen LogP contribution in [0.3, 0.4) is 0 Å². The van der Waals surface area contributed by atoms with Crippen molar-refractivity contribution in [1.29, 1.82) is 0 Å². The first kappa shape index (κ1) is 17.6. The minimum absolute atomic E-state index is 0.0298. The Morgan fingerprint density at radius 1 is 0.708 bits per heavy atom. The molecule has 5 nitrogen and oxygen atoms in total. The van der Waals surface area contributed by atoms with Crippen molar-refractivity contribution in [3.05, 3.63) is 0 Å². The molecular formula is C19H33N3O2. The highest BCUT2D eigenvalue weighted by Gasteiger charge is 2.30. The van der Waals surface area contributed by atoms with Gasteiger partial charge in [-0.3, -0.25) is 4.79 Å². The Hall–Kier alpha value is -1.26. The van der Waals surface area contributed by atoms with Gasteiger partial charge >= 0.3 is 6.03 Å². The monoisotopic (exact) mass is 335 g/mol. The Morgan fingerprint density at radius 2 is 1.29 bits per heavy atom. The van der Waals surface area contributed by atoms with E-state index in [0.717, 1.165) is 45.1 Å². The van der Waals surface area contributed by atoms with E-state index in [1.807, 2.05) is 4.90 Å². The molecule has 3 amide bonds. The maximum atomic E-state index is 12.6. The Morgan fingerprint density at radius 3 is 1.92 bits per heavy atom. The molecule has 1 atom stereocenters. The van der Waals surface area contributed by atoms with Crippen LogP contribution in [0.1, 0.15) is 77.0 Å². The van der Waals surface area contributed by atoms with Gasteiger partial charge in [0.15, 0.2) is 0 Å². The zero-order valence-electron chi connectivity index (χ0n) is 14.9. The van der Waals surface area contributed by atoms with Gasteiger partial charge in [-0.15, -0.1) is 0 Å². The summed E-state index contributed by atoms with van der Waals surface area (Å²) in [6, 6.07) is 0.734. The van der Waals surface area contributed by atoms with E-state index in [4.69, 9.17) is 0 Å². The molecule has 136 valence electrons. The predicted molar refractivity (Wildman–Crippen MR) is 94.7 cm³/mol. The van der Waals surface area contributed by atoms with Crippen LogP contribution in [0.25, 0.3) is 0 Å². The third-order valence-electron chi connectivity index (χ3n) is 5.96. The van der Waals surface area contributed by atoms with E-state index < -0.39 is 0 Å². The van der Waals surface area contributed by atoms with Crippen molar-refractivity contribution in [2.24, 2.45) is 5.92 Å². The second-order valence-electron chi connectivity index (χ2n) is 7.91. The summed E-state index contributed by atoms with van der Waals surface area (Å²) in [5, 5.41) is 6.42. The van der Waals surface area contributed by atoms with E-state index in [1.54, 1.807) is 0 Å². The summed E-state index contributed by atoms with van der Waals surface area (Å²) in [6.07, 6.45) is 13.8. The molecule has 2 aliphatic carbocycles. The van der Waals surface area contributed by atoms with E-state index in [1.165, 1.54) is 38.5 Å². The number of piperidine rings is 1. The van der Waals surface area contributed by atoms with E-state index in [-0.39, 0.29) is 17.9 Å². The molecule has 2 saturated carbocycles. The number of rotatable bonds is 3. The van der Waals surface area contributed by atoms with Crippen molar-refractivity contribution in [1.82, 2.24) is 15.5 Å². The molecule has 0 spiro atoms. The first-order valence-corrected chi connectivity index (χ1v) is 10.1. The molecule has 3 aliphatic rings. The Labute approximate surface area is 145 Å². The third-order valence-corrected chi connectivity index (χ3v) is 5.96. The molecule has 0 bridgehead atoms. The molecule has 3 rings (SSSR count). The van der Waals surface area contributed by atoms with Crippen molar-refractivity contribution in [3.8, 4) is 0 Å². The topological polar surface area (TPSA) is 61.4 Å². The molecule has 2 N–H and O–H groups in total. The quantitative estimate of drug-likeness (QED) is 0.832. The van der Waals surface area contributed by atoms with Crippen LogP contribution < -0.4 is 10.6 Å². The average molecular weight is 335 g/mol. The summed E-state index contributed by atoms with van der Waals surface area (Å²) >= 11 is 0.